The number of ether oxygens (including phenoxy) is 1. The normalized spacial score (nSPS) is 19.1. The van der Waals surface area contributed by atoms with Crippen LogP contribution in [-0.4, -0.2) is 36.3 Å². The van der Waals surface area contributed by atoms with E-state index in [1.807, 2.05) is 30.1 Å². The Morgan fingerprint density at radius 1 is 1.40 bits per heavy atom. The van der Waals surface area contributed by atoms with Gasteiger partial charge >= 0.3 is 0 Å². The third-order valence-electron chi connectivity index (χ3n) is 3.71. The molecule has 2 heterocycles. The van der Waals surface area contributed by atoms with Crippen molar-refractivity contribution >= 4 is 16.9 Å². The van der Waals surface area contributed by atoms with Crippen molar-refractivity contribution in [1.82, 2.24) is 9.97 Å². The van der Waals surface area contributed by atoms with E-state index in [4.69, 9.17) is 4.74 Å². The summed E-state index contributed by atoms with van der Waals surface area (Å²) >= 11 is 0. The largest absolute Gasteiger partial charge is 0.376 e. The summed E-state index contributed by atoms with van der Waals surface area (Å²) in [6, 6.07) is 7.38. The van der Waals surface area contributed by atoms with Crippen LogP contribution in [0.3, 0.4) is 0 Å². The highest BCUT2D eigenvalue weighted by atomic mass is 16.5. The number of anilines is 1. The maximum absolute atomic E-state index is 12.0. The molecule has 1 aliphatic rings. The monoisotopic (exact) mass is 273 g/mol. The van der Waals surface area contributed by atoms with Crippen molar-refractivity contribution in [3.05, 3.63) is 34.6 Å². The number of H-pyrrole nitrogens is 1. The fourth-order valence-electron chi connectivity index (χ4n) is 2.60. The number of nitrogens with zero attached hydrogens (tertiary/aromatic N) is 2. The maximum atomic E-state index is 12.0. The van der Waals surface area contributed by atoms with Crippen LogP contribution in [-0.2, 0) is 4.74 Å². The molecule has 3 rings (SSSR count). The maximum Gasteiger partial charge on any atom is 0.260 e. The summed E-state index contributed by atoms with van der Waals surface area (Å²) in [6.45, 7) is 1.58. The second-order valence-corrected chi connectivity index (χ2v) is 5.28. The number of para-hydroxylation sites is 1. The zero-order chi connectivity index (χ0) is 13.9. The third-order valence-corrected chi connectivity index (χ3v) is 3.71. The number of hydrogen-bond acceptors (Lipinski definition) is 4. The summed E-state index contributed by atoms with van der Waals surface area (Å²) in [7, 11) is 1.94. The fraction of sp³-hybridized carbons (Fsp3) is 0.467. The second kappa shape index (κ2) is 5.63. The Labute approximate surface area is 117 Å². The van der Waals surface area contributed by atoms with Gasteiger partial charge in [-0.15, -0.1) is 0 Å². The van der Waals surface area contributed by atoms with Gasteiger partial charge in [0.05, 0.1) is 17.0 Å². The Morgan fingerprint density at radius 2 is 2.25 bits per heavy atom. The van der Waals surface area contributed by atoms with Gasteiger partial charge in [0.2, 0.25) is 5.95 Å². The van der Waals surface area contributed by atoms with E-state index in [9.17, 15) is 4.79 Å². The van der Waals surface area contributed by atoms with E-state index >= 15 is 0 Å². The van der Waals surface area contributed by atoms with Gasteiger partial charge in [0.15, 0.2) is 0 Å². The number of likely N-dealkylation sites (N-methyl/N-ethyl adjacent to an activating group) is 1. The van der Waals surface area contributed by atoms with Gasteiger partial charge in [0.1, 0.15) is 0 Å². The van der Waals surface area contributed by atoms with Crippen LogP contribution in [0.15, 0.2) is 29.1 Å². The van der Waals surface area contributed by atoms with Gasteiger partial charge in [-0.25, -0.2) is 4.98 Å². The Balaban J connectivity index is 1.83. The molecule has 1 aromatic heterocycles. The lowest BCUT2D eigenvalue weighted by Gasteiger charge is -2.27. The molecule has 0 saturated carbocycles. The molecule has 1 aromatic carbocycles. The van der Waals surface area contributed by atoms with Gasteiger partial charge in [-0.2, -0.15) is 0 Å². The minimum atomic E-state index is -0.0954. The molecule has 1 fully saturated rings. The average molecular weight is 273 g/mol. The van der Waals surface area contributed by atoms with Gasteiger partial charge in [-0.1, -0.05) is 12.1 Å². The predicted molar refractivity (Wildman–Crippen MR) is 79.2 cm³/mol. The summed E-state index contributed by atoms with van der Waals surface area (Å²) in [5.74, 6) is 0.600. The Bertz CT molecular complexity index is 647. The van der Waals surface area contributed by atoms with Gasteiger partial charge < -0.3 is 9.64 Å². The zero-order valence-corrected chi connectivity index (χ0v) is 11.6. The van der Waals surface area contributed by atoms with Crippen molar-refractivity contribution in [2.45, 2.75) is 25.4 Å². The van der Waals surface area contributed by atoms with E-state index in [0.717, 1.165) is 31.5 Å². The standard InChI is InChI=1S/C15H19N3O2/c1-18(10-11-6-4-5-9-20-11)15-16-13-8-3-2-7-12(13)14(19)17-15/h2-3,7-8,11H,4-6,9-10H2,1H3,(H,16,17,19). The quantitative estimate of drug-likeness (QED) is 0.928. The number of nitrogens with one attached hydrogen (secondary N) is 1. The van der Waals surface area contributed by atoms with Crippen LogP contribution in [0, 0.1) is 0 Å². The summed E-state index contributed by atoms with van der Waals surface area (Å²) in [4.78, 5) is 21.4. The van der Waals surface area contributed by atoms with Gasteiger partial charge in [0.25, 0.3) is 5.56 Å². The van der Waals surface area contributed by atoms with Crippen molar-refractivity contribution in [1.29, 1.82) is 0 Å². The summed E-state index contributed by atoms with van der Waals surface area (Å²) in [6.07, 6.45) is 3.65. The molecular weight excluding hydrogens is 254 g/mol. The molecule has 1 N–H and O–H groups in total. The van der Waals surface area contributed by atoms with Crippen LogP contribution in [0.1, 0.15) is 19.3 Å². The lowest BCUT2D eigenvalue weighted by atomic mass is 10.1. The van der Waals surface area contributed by atoms with E-state index in [-0.39, 0.29) is 11.7 Å². The zero-order valence-electron chi connectivity index (χ0n) is 11.6. The molecule has 5 heteroatoms. The number of aromatic nitrogens is 2. The molecule has 0 amide bonds. The third kappa shape index (κ3) is 2.67. The smallest absolute Gasteiger partial charge is 0.260 e. The predicted octanol–water partition coefficient (Wildman–Crippen LogP) is 1.93. The van der Waals surface area contributed by atoms with Gasteiger partial charge in [0, 0.05) is 20.2 Å². The average Bonchev–Trinajstić information content (AvgIpc) is 2.48. The van der Waals surface area contributed by atoms with Crippen LogP contribution in [0.2, 0.25) is 0 Å². The molecular formula is C15H19N3O2. The Morgan fingerprint density at radius 3 is 3.05 bits per heavy atom. The van der Waals surface area contributed by atoms with E-state index in [0.29, 0.717) is 11.3 Å². The molecule has 1 atom stereocenters. The molecule has 0 radical (unpaired) electrons. The molecule has 1 unspecified atom stereocenters. The number of rotatable bonds is 3. The number of benzene rings is 1. The van der Waals surface area contributed by atoms with Crippen molar-refractivity contribution in [2.24, 2.45) is 0 Å². The van der Waals surface area contributed by atoms with Crippen molar-refractivity contribution < 1.29 is 4.74 Å². The molecule has 1 aliphatic heterocycles. The van der Waals surface area contributed by atoms with E-state index in [1.165, 1.54) is 6.42 Å². The Kier molecular flexibility index (Phi) is 3.69. The van der Waals surface area contributed by atoms with Crippen LogP contribution >= 0.6 is 0 Å². The number of hydrogen-bond donors (Lipinski definition) is 1. The summed E-state index contributed by atoms with van der Waals surface area (Å²) in [5.41, 5.74) is 0.629. The van der Waals surface area contributed by atoms with Crippen molar-refractivity contribution in [3.63, 3.8) is 0 Å². The highest BCUT2D eigenvalue weighted by Gasteiger charge is 2.17. The number of fused-ring (bicyclic) bond motifs is 1. The second-order valence-electron chi connectivity index (χ2n) is 5.28. The SMILES string of the molecule is CN(CC1CCCCO1)c1nc2ccccc2c(=O)[nH]1. The summed E-state index contributed by atoms with van der Waals surface area (Å²) in [5, 5.41) is 0.624. The van der Waals surface area contributed by atoms with Crippen LogP contribution in [0.25, 0.3) is 10.9 Å². The molecule has 106 valence electrons. The van der Waals surface area contributed by atoms with E-state index in [2.05, 4.69) is 9.97 Å². The summed E-state index contributed by atoms with van der Waals surface area (Å²) < 4.78 is 5.73. The van der Waals surface area contributed by atoms with E-state index < -0.39 is 0 Å². The first-order chi connectivity index (χ1) is 9.74. The lowest BCUT2D eigenvalue weighted by molar-refractivity contribution is 0.0214. The van der Waals surface area contributed by atoms with Crippen LogP contribution in [0.4, 0.5) is 5.95 Å². The van der Waals surface area contributed by atoms with Crippen LogP contribution < -0.4 is 10.5 Å². The minimum absolute atomic E-state index is 0.0954. The first-order valence-corrected chi connectivity index (χ1v) is 7.06. The van der Waals surface area contributed by atoms with Crippen molar-refractivity contribution in [3.8, 4) is 0 Å². The molecule has 1 saturated heterocycles. The minimum Gasteiger partial charge on any atom is -0.376 e. The first-order valence-electron chi connectivity index (χ1n) is 7.06. The van der Waals surface area contributed by atoms with Crippen LogP contribution in [0.5, 0.6) is 0 Å². The molecule has 20 heavy (non-hydrogen) atoms. The first kappa shape index (κ1) is 13.1. The molecule has 5 nitrogen and oxygen atoms in total. The molecule has 0 spiro atoms. The van der Waals surface area contributed by atoms with Gasteiger partial charge in [-0.05, 0) is 31.4 Å². The van der Waals surface area contributed by atoms with Crippen molar-refractivity contribution in [2.75, 3.05) is 25.1 Å². The lowest BCUT2D eigenvalue weighted by Crippen LogP contribution is -2.35. The van der Waals surface area contributed by atoms with E-state index in [1.54, 1.807) is 6.07 Å². The molecule has 2 aromatic rings. The highest BCUT2D eigenvalue weighted by molar-refractivity contribution is 5.78. The fourth-order valence-corrected chi connectivity index (χ4v) is 2.60. The molecule has 0 aliphatic carbocycles. The Hall–Kier alpha value is -1.88. The topological polar surface area (TPSA) is 58.2 Å². The molecule has 0 bridgehead atoms. The number of aromatic amines is 1. The highest BCUT2D eigenvalue weighted by Crippen LogP contribution is 2.16. The van der Waals surface area contributed by atoms with Gasteiger partial charge in [-0.3, -0.25) is 9.78 Å².